The first-order valence-electron chi connectivity index (χ1n) is 5.29. The van der Waals surface area contributed by atoms with E-state index in [2.05, 4.69) is 16.0 Å². The van der Waals surface area contributed by atoms with Crippen LogP contribution in [0.5, 0.6) is 0 Å². The first kappa shape index (κ1) is 9.46. The second kappa shape index (κ2) is 4.42. The number of anilines is 1. The fourth-order valence-electron chi connectivity index (χ4n) is 2.07. The van der Waals surface area contributed by atoms with Crippen LogP contribution in [0.3, 0.4) is 0 Å². The molecule has 1 aromatic rings. The van der Waals surface area contributed by atoms with Gasteiger partial charge in [0.05, 0.1) is 0 Å². The largest absolute Gasteiger partial charge is 0.352 e. The third kappa shape index (κ3) is 1.87. The van der Waals surface area contributed by atoms with E-state index in [0.717, 1.165) is 18.9 Å². The molecular weight excluding hydrogens is 174 g/mol. The number of pyridine rings is 1. The van der Waals surface area contributed by atoms with Crippen molar-refractivity contribution in [2.75, 3.05) is 18.0 Å². The van der Waals surface area contributed by atoms with Crippen molar-refractivity contribution in [3.8, 4) is 0 Å². The van der Waals surface area contributed by atoms with Gasteiger partial charge in [-0.05, 0) is 31.4 Å². The first-order valence-corrected chi connectivity index (χ1v) is 5.29. The lowest BCUT2D eigenvalue weighted by molar-refractivity contribution is 0.462. The molecule has 0 amide bonds. The first-order chi connectivity index (χ1) is 6.92. The molecule has 1 fully saturated rings. The Balaban J connectivity index is 2.15. The molecule has 76 valence electrons. The number of aromatic nitrogens is 1. The van der Waals surface area contributed by atoms with E-state index >= 15 is 0 Å². The zero-order valence-electron chi connectivity index (χ0n) is 8.39. The molecule has 1 aliphatic rings. The van der Waals surface area contributed by atoms with Crippen LogP contribution in [0.4, 0.5) is 5.82 Å². The van der Waals surface area contributed by atoms with Crippen LogP contribution in [0, 0.1) is 0 Å². The molecule has 0 aromatic carbocycles. The van der Waals surface area contributed by atoms with E-state index in [4.69, 9.17) is 5.73 Å². The zero-order valence-corrected chi connectivity index (χ0v) is 8.39. The van der Waals surface area contributed by atoms with Gasteiger partial charge in [-0.25, -0.2) is 4.98 Å². The highest BCUT2D eigenvalue weighted by atomic mass is 15.2. The fraction of sp³-hybridized carbons (Fsp3) is 0.545. The normalized spacial score (nSPS) is 22.4. The van der Waals surface area contributed by atoms with Crippen molar-refractivity contribution < 1.29 is 0 Å². The van der Waals surface area contributed by atoms with Gasteiger partial charge in [0.1, 0.15) is 5.82 Å². The summed E-state index contributed by atoms with van der Waals surface area (Å²) in [6.07, 6.45) is 5.60. The van der Waals surface area contributed by atoms with Crippen molar-refractivity contribution in [1.82, 2.24) is 4.98 Å². The molecule has 1 aromatic heterocycles. The fourth-order valence-corrected chi connectivity index (χ4v) is 2.07. The Morgan fingerprint density at radius 1 is 1.43 bits per heavy atom. The highest BCUT2D eigenvalue weighted by Crippen LogP contribution is 2.21. The third-order valence-electron chi connectivity index (χ3n) is 2.84. The van der Waals surface area contributed by atoms with E-state index in [1.54, 1.807) is 0 Å². The van der Waals surface area contributed by atoms with Gasteiger partial charge in [-0.1, -0.05) is 6.07 Å². The van der Waals surface area contributed by atoms with Crippen molar-refractivity contribution in [1.29, 1.82) is 0 Å². The summed E-state index contributed by atoms with van der Waals surface area (Å²) >= 11 is 0. The monoisotopic (exact) mass is 191 g/mol. The molecule has 1 aliphatic heterocycles. The Bertz CT molecular complexity index is 273. The van der Waals surface area contributed by atoms with E-state index in [9.17, 15) is 0 Å². The Morgan fingerprint density at radius 3 is 3.07 bits per heavy atom. The highest BCUT2D eigenvalue weighted by molar-refractivity contribution is 5.39. The van der Waals surface area contributed by atoms with E-state index in [1.807, 2.05) is 18.3 Å². The van der Waals surface area contributed by atoms with Crippen molar-refractivity contribution in [2.45, 2.75) is 25.3 Å². The van der Waals surface area contributed by atoms with Crippen LogP contribution < -0.4 is 10.6 Å². The van der Waals surface area contributed by atoms with Crippen LogP contribution in [-0.4, -0.2) is 24.1 Å². The summed E-state index contributed by atoms with van der Waals surface area (Å²) in [6.45, 7) is 1.83. The molecule has 0 saturated carbocycles. The molecule has 3 heteroatoms. The van der Waals surface area contributed by atoms with Crippen molar-refractivity contribution in [2.24, 2.45) is 5.73 Å². The van der Waals surface area contributed by atoms with Gasteiger partial charge in [0.15, 0.2) is 0 Å². The van der Waals surface area contributed by atoms with Gasteiger partial charge < -0.3 is 10.6 Å². The van der Waals surface area contributed by atoms with E-state index in [1.165, 1.54) is 19.3 Å². The predicted molar refractivity (Wildman–Crippen MR) is 58.3 cm³/mol. The van der Waals surface area contributed by atoms with Gasteiger partial charge in [-0.2, -0.15) is 0 Å². The Kier molecular flexibility index (Phi) is 2.99. The maximum atomic E-state index is 5.76. The standard InChI is InChI=1S/C11H17N3/c12-9-10-5-2-4-8-14(10)11-6-1-3-7-13-11/h1,3,6-7,10H,2,4-5,8-9,12H2. The highest BCUT2D eigenvalue weighted by Gasteiger charge is 2.21. The van der Waals surface area contributed by atoms with Crippen molar-refractivity contribution in [3.63, 3.8) is 0 Å². The number of piperidine rings is 1. The van der Waals surface area contributed by atoms with Crippen LogP contribution >= 0.6 is 0 Å². The smallest absolute Gasteiger partial charge is 0.128 e. The van der Waals surface area contributed by atoms with Crippen molar-refractivity contribution >= 4 is 5.82 Å². The average molecular weight is 191 g/mol. The number of hydrogen-bond acceptors (Lipinski definition) is 3. The van der Waals surface area contributed by atoms with E-state index < -0.39 is 0 Å². The lowest BCUT2D eigenvalue weighted by Crippen LogP contribution is -2.44. The van der Waals surface area contributed by atoms with E-state index in [0.29, 0.717) is 6.04 Å². The van der Waals surface area contributed by atoms with Crippen molar-refractivity contribution in [3.05, 3.63) is 24.4 Å². The lowest BCUT2D eigenvalue weighted by atomic mass is 10.0. The number of nitrogens with two attached hydrogens (primary N) is 1. The molecule has 1 saturated heterocycles. The molecular formula is C11H17N3. The quantitative estimate of drug-likeness (QED) is 0.768. The van der Waals surface area contributed by atoms with Gasteiger partial charge in [0, 0.05) is 25.3 Å². The molecule has 2 rings (SSSR count). The SMILES string of the molecule is NCC1CCCCN1c1ccccn1. The Morgan fingerprint density at radius 2 is 2.36 bits per heavy atom. The molecule has 2 heterocycles. The number of nitrogens with zero attached hydrogens (tertiary/aromatic N) is 2. The van der Waals surface area contributed by atoms with Crippen LogP contribution in [0.1, 0.15) is 19.3 Å². The molecule has 0 spiro atoms. The minimum absolute atomic E-state index is 0.485. The second-order valence-electron chi connectivity index (χ2n) is 3.77. The summed E-state index contributed by atoms with van der Waals surface area (Å²) in [5, 5.41) is 0. The summed E-state index contributed by atoms with van der Waals surface area (Å²) in [5.74, 6) is 1.07. The topological polar surface area (TPSA) is 42.1 Å². The number of rotatable bonds is 2. The van der Waals surface area contributed by atoms with Gasteiger partial charge >= 0.3 is 0 Å². The van der Waals surface area contributed by atoms with Gasteiger partial charge in [-0.15, -0.1) is 0 Å². The molecule has 1 atom stereocenters. The van der Waals surface area contributed by atoms with Gasteiger partial charge in [0.25, 0.3) is 0 Å². The van der Waals surface area contributed by atoms with E-state index in [-0.39, 0.29) is 0 Å². The summed E-state index contributed by atoms with van der Waals surface area (Å²) in [7, 11) is 0. The lowest BCUT2D eigenvalue weighted by Gasteiger charge is -2.35. The minimum Gasteiger partial charge on any atom is -0.352 e. The van der Waals surface area contributed by atoms with Gasteiger partial charge in [0.2, 0.25) is 0 Å². The molecule has 0 aliphatic carbocycles. The Labute approximate surface area is 84.9 Å². The number of hydrogen-bond donors (Lipinski definition) is 1. The predicted octanol–water partition coefficient (Wildman–Crippen LogP) is 1.40. The summed E-state index contributed by atoms with van der Waals surface area (Å²) in [5.41, 5.74) is 5.76. The summed E-state index contributed by atoms with van der Waals surface area (Å²) < 4.78 is 0. The maximum Gasteiger partial charge on any atom is 0.128 e. The molecule has 0 bridgehead atoms. The Hall–Kier alpha value is -1.09. The molecule has 1 unspecified atom stereocenters. The average Bonchev–Trinajstić information content (AvgIpc) is 2.30. The third-order valence-corrected chi connectivity index (χ3v) is 2.84. The van der Waals surface area contributed by atoms with Crippen LogP contribution in [0.25, 0.3) is 0 Å². The molecule has 3 nitrogen and oxygen atoms in total. The second-order valence-corrected chi connectivity index (χ2v) is 3.77. The molecule has 0 radical (unpaired) electrons. The summed E-state index contributed by atoms with van der Waals surface area (Å²) in [4.78, 5) is 6.71. The maximum absolute atomic E-state index is 5.76. The van der Waals surface area contributed by atoms with Crippen LogP contribution in [-0.2, 0) is 0 Å². The molecule has 14 heavy (non-hydrogen) atoms. The molecule has 2 N–H and O–H groups in total. The van der Waals surface area contributed by atoms with Crippen LogP contribution in [0.15, 0.2) is 24.4 Å². The van der Waals surface area contributed by atoms with Crippen LogP contribution in [0.2, 0.25) is 0 Å². The zero-order chi connectivity index (χ0) is 9.80. The van der Waals surface area contributed by atoms with Gasteiger partial charge in [-0.3, -0.25) is 0 Å². The summed E-state index contributed by atoms with van der Waals surface area (Å²) in [6, 6.07) is 6.53. The minimum atomic E-state index is 0.485.